The van der Waals surface area contributed by atoms with Gasteiger partial charge in [0, 0.05) is 26.1 Å². The van der Waals surface area contributed by atoms with Gasteiger partial charge in [0.15, 0.2) is 0 Å². The molecule has 2 amide bonds. The predicted octanol–water partition coefficient (Wildman–Crippen LogP) is 1.13. The highest BCUT2D eigenvalue weighted by molar-refractivity contribution is 5.97. The molecule has 2 heterocycles. The summed E-state index contributed by atoms with van der Waals surface area (Å²) in [5, 5.41) is 5.79. The summed E-state index contributed by atoms with van der Waals surface area (Å²) in [6, 6.07) is 7.57. The monoisotopic (exact) mass is 303 g/mol. The minimum Gasteiger partial charge on any atom is -0.376 e. The molecule has 0 spiro atoms. The van der Waals surface area contributed by atoms with Gasteiger partial charge in [-0.1, -0.05) is 12.1 Å². The van der Waals surface area contributed by atoms with Crippen molar-refractivity contribution in [2.24, 2.45) is 0 Å². The third-order valence-corrected chi connectivity index (χ3v) is 4.01. The number of ether oxygens (including phenoxy) is 1. The van der Waals surface area contributed by atoms with Gasteiger partial charge in [0.2, 0.25) is 11.8 Å². The number of anilines is 2. The lowest BCUT2D eigenvalue weighted by Gasteiger charge is -2.23. The number of hydrogen-bond donors (Lipinski definition) is 2. The van der Waals surface area contributed by atoms with Gasteiger partial charge in [-0.05, 0) is 25.0 Å². The van der Waals surface area contributed by atoms with Crippen molar-refractivity contribution in [1.82, 2.24) is 5.32 Å². The van der Waals surface area contributed by atoms with Gasteiger partial charge in [-0.2, -0.15) is 0 Å². The van der Waals surface area contributed by atoms with E-state index in [9.17, 15) is 9.59 Å². The Kier molecular flexibility index (Phi) is 4.58. The zero-order valence-corrected chi connectivity index (χ0v) is 12.5. The molecule has 1 atom stereocenters. The Balaban J connectivity index is 1.61. The Morgan fingerprint density at radius 2 is 2.27 bits per heavy atom. The number of amides is 2. The first kappa shape index (κ1) is 14.8. The summed E-state index contributed by atoms with van der Waals surface area (Å²) >= 11 is 0. The molecule has 0 aliphatic carbocycles. The molecule has 0 saturated carbocycles. The number of carbonyl (C=O) groups excluding carboxylic acids is 2. The number of benzene rings is 1. The highest BCUT2D eigenvalue weighted by atomic mass is 16.5. The van der Waals surface area contributed by atoms with Crippen molar-refractivity contribution in [3.05, 3.63) is 24.3 Å². The number of nitrogens with one attached hydrogen (secondary N) is 2. The lowest BCUT2D eigenvalue weighted by molar-refractivity contribution is -0.120. The van der Waals surface area contributed by atoms with Crippen LogP contribution in [-0.4, -0.2) is 44.2 Å². The van der Waals surface area contributed by atoms with E-state index in [2.05, 4.69) is 10.6 Å². The first-order valence-corrected chi connectivity index (χ1v) is 7.74. The van der Waals surface area contributed by atoms with E-state index in [0.29, 0.717) is 19.5 Å². The third-order valence-electron chi connectivity index (χ3n) is 4.01. The molecular formula is C16H21N3O3. The molecular weight excluding hydrogens is 282 g/mol. The molecule has 118 valence electrons. The second-order valence-electron chi connectivity index (χ2n) is 5.68. The second kappa shape index (κ2) is 6.79. The van der Waals surface area contributed by atoms with Gasteiger partial charge < -0.3 is 20.3 Å². The average Bonchev–Trinajstić information content (AvgIpc) is 2.98. The summed E-state index contributed by atoms with van der Waals surface area (Å²) in [6.45, 7) is 2.13. The predicted molar refractivity (Wildman–Crippen MR) is 83.9 cm³/mol. The van der Waals surface area contributed by atoms with Crippen molar-refractivity contribution < 1.29 is 14.3 Å². The van der Waals surface area contributed by atoms with E-state index >= 15 is 0 Å². The quantitative estimate of drug-likeness (QED) is 0.875. The van der Waals surface area contributed by atoms with Gasteiger partial charge in [0.05, 0.1) is 24.0 Å². The van der Waals surface area contributed by atoms with E-state index in [1.165, 1.54) is 0 Å². The number of para-hydroxylation sites is 2. The molecule has 2 aliphatic rings. The van der Waals surface area contributed by atoms with Crippen LogP contribution in [0.4, 0.5) is 11.4 Å². The van der Waals surface area contributed by atoms with Crippen LogP contribution in [0.5, 0.6) is 0 Å². The highest BCUT2D eigenvalue weighted by Crippen LogP contribution is 2.27. The maximum atomic E-state index is 12.2. The first-order valence-electron chi connectivity index (χ1n) is 7.74. The Morgan fingerprint density at radius 1 is 1.41 bits per heavy atom. The van der Waals surface area contributed by atoms with E-state index in [0.717, 1.165) is 30.8 Å². The van der Waals surface area contributed by atoms with Crippen LogP contribution in [0.2, 0.25) is 0 Å². The fourth-order valence-corrected chi connectivity index (χ4v) is 2.85. The Morgan fingerprint density at radius 3 is 3.09 bits per heavy atom. The zero-order valence-electron chi connectivity index (χ0n) is 12.5. The van der Waals surface area contributed by atoms with Crippen LogP contribution < -0.4 is 15.5 Å². The molecule has 22 heavy (non-hydrogen) atoms. The molecule has 2 aliphatic heterocycles. The number of nitrogens with zero attached hydrogens (tertiary/aromatic N) is 1. The molecule has 3 rings (SSSR count). The molecule has 0 aromatic heterocycles. The van der Waals surface area contributed by atoms with E-state index < -0.39 is 0 Å². The van der Waals surface area contributed by atoms with Crippen LogP contribution in [0.1, 0.15) is 19.3 Å². The molecule has 1 aromatic carbocycles. The van der Waals surface area contributed by atoms with Crippen LogP contribution in [-0.2, 0) is 14.3 Å². The Bertz CT molecular complexity index is 555. The topological polar surface area (TPSA) is 70.7 Å². The van der Waals surface area contributed by atoms with Crippen LogP contribution in [0.25, 0.3) is 0 Å². The maximum Gasteiger partial charge on any atom is 0.239 e. The van der Waals surface area contributed by atoms with Crippen LogP contribution in [0, 0.1) is 0 Å². The smallest absolute Gasteiger partial charge is 0.239 e. The normalized spacial score (nSPS) is 21.0. The van der Waals surface area contributed by atoms with Gasteiger partial charge in [0.25, 0.3) is 0 Å². The van der Waals surface area contributed by atoms with Crippen LogP contribution in [0.3, 0.4) is 0 Å². The van der Waals surface area contributed by atoms with Gasteiger partial charge in [-0.3, -0.25) is 9.59 Å². The van der Waals surface area contributed by atoms with Crippen LogP contribution >= 0.6 is 0 Å². The van der Waals surface area contributed by atoms with Crippen molar-refractivity contribution >= 4 is 23.2 Å². The molecule has 2 N–H and O–H groups in total. The van der Waals surface area contributed by atoms with Gasteiger partial charge in [-0.25, -0.2) is 0 Å². The minimum atomic E-state index is -0.0420. The van der Waals surface area contributed by atoms with E-state index in [1.54, 1.807) is 0 Å². The number of hydrogen-bond acceptors (Lipinski definition) is 4. The van der Waals surface area contributed by atoms with Crippen molar-refractivity contribution in [2.75, 3.05) is 36.5 Å². The third kappa shape index (κ3) is 3.57. The van der Waals surface area contributed by atoms with Crippen molar-refractivity contribution in [2.45, 2.75) is 25.4 Å². The molecule has 1 saturated heterocycles. The zero-order chi connectivity index (χ0) is 15.4. The fourth-order valence-electron chi connectivity index (χ4n) is 2.85. The van der Waals surface area contributed by atoms with Gasteiger partial charge in [0.1, 0.15) is 0 Å². The molecule has 1 fully saturated rings. The molecule has 6 nitrogen and oxygen atoms in total. The van der Waals surface area contributed by atoms with E-state index in [4.69, 9.17) is 4.74 Å². The van der Waals surface area contributed by atoms with E-state index in [-0.39, 0.29) is 24.5 Å². The van der Waals surface area contributed by atoms with Crippen LogP contribution in [0.15, 0.2) is 24.3 Å². The largest absolute Gasteiger partial charge is 0.376 e. The van der Waals surface area contributed by atoms with Gasteiger partial charge in [-0.15, -0.1) is 0 Å². The number of fused-ring (bicyclic) bond motifs is 1. The summed E-state index contributed by atoms with van der Waals surface area (Å²) < 4.78 is 5.50. The minimum absolute atomic E-state index is 0.0188. The molecule has 1 unspecified atom stereocenters. The number of rotatable bonds is 4. The summed E-state index contributed by atoms with van der Waals surface area (Å²) in [5.74, 6) is -0.0608. The lowest BCUT2D eigenvalue weighted by atomic mass is 10.2. The van der Waals surface area contributed by atoms with Gasteiger partial charge >= 0.3 is 0 Å². The fraction of sp³-hybridized carbons (Fsp3) is 0.500. The number of carbonyl (C=O) groups is 2. The maximum absolute atomic E-state index is 12.2. The van der Waals surface area contributed by atoms with Crippen molar-refractivity contribution in [3.8, 4) is 0 Å². The molecule has 1 aromatic rings. The SMILES string of the molecule is O=C(CN1CCC(=O)Nc2ccccc21)NCC1CCCO1. The summed E-state index contributed by atoms with van der Waals surface area (Å²) in [4.78, 5) is 25.8. The second-order valence-corrected chi connectivity index (χ2v) is 5.68. The molecule has 6 heteroatoms. The Hall–Kier alpha value is -2.08. The van der Waals surface area contributed by atoms with Crippen molar-refractivity contribution in [1.29, 1.82) is 0 Å². The highest BCUT2D eigenvalue weighted by Gasteiger charge is 2.21. The molecule has 0 bridgehead atoms. The summed E-state index contributed by atoms with van der Waals surface area (Å²) in [6.07, 6.45) is 2.59. The lowest BCUT2D eigenvalue weighted by Crippen LogP contribution is -2.40. The first-order chi connectivity index (χ1) is 10.7. The van der Waals surface area contributed by atoms with E-state index in [1.807, 2.05) is 29.2 Å². The summed E-state index contributed by atoms with van der Waals surface area (Å²) in [5.41, 5.74) is 1.65. The summed E-state index contributed by atoms with van der Waals surface area (Å²) in [7, 11) is 0. The average molecular weight is 303 g/mol. The van der Waals surface area contributed by atoms with Crippen molar-refractivity contribution in [3.63, 3.8) is 0 Å². The standard InChI is InChI=1S/C16H21N3O3/c20-15-7-8-19(14-6-2-1-5-13(14)18-15)11-16(21)17-10-12-4-3-9-22-12/h1-2,5-6,12H,3-4,7-11H2,(H,17,21)(H,18,20). The molecule has 0 radical (unpaired) electrons. The Labute approximate surface area is 129 Å².